The highest BCUT2D eigenvalue weighted by atomic mass is 35.5. The number of halogens is 2. The second kappa shape index (κ2) is 8.13. The predicted molar refractivity (Wildman–Crippen MR) is 69.6 cm³/mol. The van der Waals surface area contributed by atoms with Crippen LogP contribution in [0.5, 0.6) is 0 Å². The quantitative estimate of drug-likeness (QED) is 0.428. The summed E-state index contributed by atoms with van der Waals surface area (Å²) in [5.41, 5.74) is 4.49. The van der Waals surface area contributed by atoms with E-state index in [1.165, 1.54) is 0 Å². The molecule has 17 heavy (non-hydrogen) atoms. The van der Waals surface area contributed by atoms with E-state index in [4.69, 9.17) is 20.9 Å². The largest absolute Gasteiger partial charge is 0.480 e. The van der Waals surface area contributed by atoms with Crippen molar-refractivity contribution in [3.63, 3.8) is 0 Å². The van der Waals surface area contributed by atoms with Gasteiger partial charge in [0.2, 0.25) is 0 Å². The molecule has 1 heterocycles. The molecule has 1 saturated heterocycles. The van der Waals surface area contributed by atoms with E-state index in [1.54, 1.807) is 0 Å². The number of carbonyl (C=O) groups is 1. The minimum Gasteiger partial charge on any atom is -0.480 e. The zero-order valence-electron chi connectivity index (χ0n) is 9.33. The fourth-order valence-corrected chi connectivity index (χ4v) is 1.91. The zero-order valence-corrected chi connectivity index (χ0v) is 11.0. The van der Waals surface area contributed by atoms with Gasteiger partial charge in [0.15, 0.2) is 0 Å². The second-order valence-corrected chi connectivity index (χ2v) is 4.22. The first-order valence-electron chi connectivity index (χ1n) is 5.03. The Morgan fingerprint density at radius 2 is 2.06 bits per heavy atom. The summed E-state index contributed by atoms with van der Waals surface area (Å²) in [7, 11) is -1.33. The van der Waals surface area contributed by atoms with Crippen LogP contribution in [0.3, 0.4) is 0 Å². The number of rotatable bonds is 4. The van der Waals surface area contributed by atoms with E-state index >= 15 is 0 Å². The summed E-state index contributed by atoms with van der Waals surface area (Å²) < 4.78 is 0. The first kappa shape index (κ1) is 19.3. The Hall–Kier alpha value is -0.0451. The minimum absolute atomic E-state index is 0. The average molecular weight is 289 g/mol. The van der Waals surface area contributed by atoms with Crippen LogP contribution in [0.1, 0.15) is 12.8 Å². The van der Waals surface area contributed by atoms with Gasteiger partial charge in [-0.15, -0.1) is 24.8 Å². The summed E-state index contributed by atoms with van der Waals surface area (Å²) in [4.78, 5) is 10.9. The molecule has 1 fully saturated rings. The van der Waals surface area contributed by atoms with Crippen LogP contribution in [0.15, 0.2) is 0 Å². The van der Waals surface area contributed by atoms with Crippen LogP contribution in [-0.4, -0.2) is 46.9 Å². The Bertz CT molecular complexity index is 248. The predicted octanol–water partition coefficient (Wildman–Crippen LogP) is -0.916. The van der Waals surface area contributed by atoms with Crippen molar-refractivity contribution in [2.24, 2.45) is 11.7 Å². The molecule has 1 aliphatic heterocycles. The molecule has 6 N–H and O–H groups in total. The maximum atomic E-state index is 10.9. The maximum Gasteiger partial charge on any atom is 0.451 e. The molecule has 1 aliphatic rings. The molecule has 0 bridgehead atoms. The van der Waals surface area contributed by atoms with E-state index in [0.717, 1.165) is 0 Å². The SMILES string of the molecule is Cl.Cl.N[C@@]1(C(=O)O)CNCC(CCB(O)O)C1. The molecule has 0 saturated carbocycles. The lowest BCUT2D eigenvalue weighted by atomic mass is 9.76. The van der Waals surface area contributed by atoms with Gasteiger partial charge in [0, 0.05) is 6.54 Å². The van der Waals surface area contributed by atoms with Crippen LogP contribution in [0.4, 0.5) is 0 Å². The summed E-state index contributed by atoms with van der Waals surface area (Å²) >= 11 is 0. The number of hydrogen-bond donors (Lipinski definition) is 5. The third kappa shape index (κ3) is 5.90. The zero-order chi connectivity index (χ0) is 11.5. The second-order valence-electron chi connectivity index (χ2n) is 4.22. The van der Waals surface area contributed by atoms with E-state index in [0.29, 0.717) is 19.4 Å². The summed E-state index contributed by atoms with van der Waals surface area (Å²) in [5, 5.41) is 29.3. The molecule has 0 spiro atoms. The lowest BCUT2D eigenvalue weighted by molar-refractivity contribution is -0.144. The fraction of sp³-hybridized carbons (Fsp3) is 0.875. The van der Waals surface area contributed by atoms with Gasteiger partial charge in [-0.05, 0) is 25.2 Å². The summed E-state index contributed by atoms with van der Waals surface area (Å²) in [6.07, 6.45) is 1.20. The molecular formula is C8H19BCl2N2O4. The normalized spacial score (nSPS) is 27.6. The van der Waals surface area contributed by atoms with Gasteiger partial charge in [-0.1, -0.05) is 6.42 Å². The van der Waals surface area contributed by atoms with Crippen molar-refractivity contribution >= 4 is 37.9 Å². The van der Waals surface area contributed by atoms with Crippen LogP contribution in [0.25, 0.3) is 0 Å². The molecule has 0 amide bonds. The Morgan fingerprint density at radius 1 is 1.47 bits per heavy atom. The number of nitrogens with one attached hydrogen (secondary N) is 1. The number of carboxylic acids is 1. The highest BCUT2D eigenvalue weighted by Crippen LogP contribution is 2.23. The lowest BCUT2D eigenvalue weighted by Gasteiger charge is -2.35. The number of carboxylic acid groups (broad SMARTS) is 1. The van der Waals surface area contributed by atoms with E-state index in [-0.39, 0.29) is 43.6 Å². The molecule has 1 unspecified atom stereocenters. The molecule has 0 radical (unpaired) electrons. The molecule has 2 atom stereocenters. The van der Waals surface area contributed by atoms with Crippen molar-refractivity contribution in [2.45, 2.75) is 24.7 Å². The molecule has 0 aromatic rings. The van der Waals surface area contributed by atoms with Gasteiger partial charge in [0.25, 0.3) is 0 Å². The van der Waals surface area contributed by atoms with Gasteiger partial charge >= 0.3 is 13.1 Å². The van der Waals surface area contributed by atoms with Crippen LogP contribution in [-0.2, 0) is 4.79 Å². The molecule has 0 aromatic heterocycles. The monoisotopic (exact) mass is 288 g/mol. The third-order valence-electron chi connectivity index (χ3n) is 2.79. The molecule has 6 nitrogen and oxygen atoms in total. The van der Waals surface area contributed by atoms with Gasteiger partial charge in [-0.2, -0.15) is 0 Å². The van der Waals surface area contributed by atoms with Crippen molar-refractivity contribution in [1.82, 2.24) is 5.32 Å². The van der Waals surface area contributed by atoms with Crippen LogP contribution in [0, 0.1) is 5.92 Å². The van der Waals surface area contributed by atoms with Gasteiger partial charge in [-0.25, -0.2) is 0 Å². The van der Waals surface area contributed by atoms with Crippen molar-refractivity contribution in [3.8, 4) is 0 Å². The van der Waals surface area contributed by atoms with Crippen LogP contribution < -0.4 is 11.1 Å². The Labute approximate surface area is 113 Å². The third-order valence-corrected chi connectivity index (χ3v) is 2.79. The van der Waals surface area contributed by atoms with Gasteiger partial charge < -0.3 is 26.2 Å². The minimum atomic E-state index is -1.33. The fourth-order valence-electron chi connectivity index (χ4n) is 1.91. The first-order valence-corrected chi connectivity index (χ1v) is 5.03. The molecular weight excluding hydrogens is 270 g/mol. The van der Waals surface area contributed by atoms with Crippen LogP contribution in [0.2, 0.25) is 6.32 Å². The molecule has 1 rings (SSSR count). The standard InChI is InChI=1S/C8H17BN2O4.2ClH/c10-8(7(12)13)3-6(4-11-5-8)1-2-9(14)15;;/h6,11,14-15H,1-5,10H2,(H,12,13);2*1H/t6?,8-;;/m1../s1. The number of nitrogens with two attached hydrogens (primary N) is 1. The van der Waals surface area contributed by atoms with Crippen molar-refractivity contribution in [3.05, 3.63) is 0 Å². The molecule has 102 valence electrons. The summed E-state index contributed by atoms with van der Waals surface area (Å²) in [6.45, 7) is 0.944. The lowest BCUT2D eigenvalue weighted by Crippen LogP contribution is -2.60. The van der Waals surface area contributed by atoms with Gasteiger partial charge in [0.05, 0.1) is 0 Å². The number of piperidine rings is 1. The Kier molecular flexibility index (Phi) is 9.22. The first-order chi connectivity index (χ1) is 6.94. The Balaban J connectivity index is 0. The molecule has 9 heteroatoms. The van der Waals surface area contributed by atoms with E-state index in [2.05, 4.69) is 5.32 Å². The Morgan fingerprint density at radius 3 is 2.53 bits per heavy atom. The van der Waals surface area contributed by atoms with E-state index in [9.17, 15) is 4.79 Å². The highest BCUT2D eigenvalue weighted by molar-refractivity contribution is 6.40. The van der Waals surface area contributed by atoms with Gasteiger partial charge in [0.1, 0.15) is 5.54 Å². The maximum absolute atomic E-state index is 10.9. The van der Waals surface area contributed by atoms with E-state index < -0.39 is 18.6 Å². The van der Waals surface area contributed by atoms with Gasteiger partial charge in [-0.3, -0.25) is 4.79 Å². The van der Waals surface area contributed by atoms with Crippen molar-refractivity contribution in [1.29, 1.82) is 0 Å². The summed E-state index contributed by atoms with van der Waals surface area (Å²) in [5.74, 6) is -0.925. The van der Waals surface area contributed by atoms with E-state index in [1.807, 2.05) is 0 Å². The van der Waals surface area contributed by atoms with Crippen LogP contribution >= 0.6 is 24.8 Å². The average Bonchev–Trinajstić information content (AvgIpc) is 2.15. The number of hydrogen-bond acceptors (Lipinski definition) is 5. The number of aliphatic carboxylic acids is 1. The van der Waals surface area contributed by atoms with Crippen molar-refractivity contribution < 1.29 is 19.9 Å². The van der Waals surface area contributed by atoms with Crippen molar-refractivity contribution in [2.75, 3.05) is 13.1 Å². The highest BCUT2D eigenvalue weighted by Gasteiger charge is 2.39. The summed E-state index contributed by atoms with van der Waals surface area (Å²) in [6, 6.07) is 0. The molecule has 0 aliphatic carbocycles. The molecule has 0 aromatic carbocycles. The topological polar surface area (TPSA) is 116 Å². The smallest absolute Gasteiger partial charge is 0.451 e.